The molecule has 0 aromatic heterocycles. The first kappa shape index (κ1) is 15.6. The fraction of sp³-hybridized carbons (Fsp3) is 0.333. The SMILES string of the molecule is COc1cc2c(cc1OC)C(c1ccc(Br)c3c1OCO3)NCC2. The van der Waals surface area contributed by atoms with E-state index in [0.717, 1.165) is 46.0 Å². The fourth-order valence-electron chi connectivity index (χ4n) is 3.37. The van der Waals surface area contributed by atoms with Crippen molar-refractivity contribution >= 4 is 15.9 Å². The number of ether oxygens (including phenoxy) is 4. The summed E-state index contributed by atoms with van der Waals surface area (Å²) in [7, 11) is 3.32. The summed E-state index contributed by atoms with van der Waals surface area (Å²) < 4.78 is 23.1. The van der Waals surface area contributed by atoms with Gasteiger partial charge in [0.1, 0.15) is 0 Å². The van der Waals surface area contributed by atoms with Crippen LogP contribution in [0.3, 0.4) is 0 Å². The Bertz CT molecular complexity index is 793. The predicted octanol–water partition coefficient (Wildman–Crippen LogP) is 3.43. The van der Waals surface area contributed by atoms with Gasteiger partial charge in [-0.15, -0.1) is 0 Å². The summed E-state index contributed by atoms with van der Waals surface area (Å²) in [6.45, 7) is 1.13. The number of benzene rings is 2. The highest BCUT2D eigenvalue weighted by atomic mass is 79.9. The van der Waals surface area contributed by atoms with Crippen molar-refractivity contribution in [1.82, 2.24) is 5.32 Å². The van der Waals surface area contributed by atoms with Crippen LogP contribution in [-0.4, -0.2) is 27.6 Å². The summed E-state index contributed by atoms with van der Waals surface area (Å²) in [6.07, 6.45) is 0.947. The van der Waals surface area contributed by atoms with Gasteiger partial charge in [0.05, 0.1) is 24.7 Å². The maximum atomic E-state index is 5.73. The molecule has 6 heteroatoms. The van der Waals surface area contributed by atoms with Gasteiger partial charge in [0.15, 0.2) is 23.0 Å². The lowest BCUT2D eigenvalue weighted by atomic mass is 9.89. The van der Waals surface area contributed by atoms with Gasteiger partial charge in [-0.2, -0.15) is 0 Å². The highest BCUT2D eigenvalue weighted by Gasteiger charge is 2.30. The van der Waals surface area contributed by atoms with E-state index < -0.39 is 0 Å². The molecule has 0 spiro atoms. The topological polar surface area (TPSA) is 49.0 Å². The average molecular weight is 392 g/mol. The number of nitrogens with one attached hydrogen (secondary N) is 1. The van der Waals surface area contributed by atoms with Crippen LogP contribution in [0.4, 0.5) is 0 Å². The molecule has 1 atom stereocenters. The van der Waals surface area contributed by atoms with Crippen LogP contribution in [0.1, 0.15) is 22.7 Å². The van der Waals surface area contributed by atoms with Crippen molar-refractivity contribution in [2.75, 3.05) is 27.6 Å². The number of fused-ring (bicyclic) bond motifs is 2. The molecule has 0 radical (unpaired) electrons. The third kappa shape index (κ3) is 2.41. The number of halogens is 1. The Morgan fingerprint density at radius 3 is 2.58 bits per heavy atom. The van der Waals surface area contributed by atoms with Gasteiger partial charge in [0, 0.05) is 12.1 Å². The summed E-state index contributed by atoms with van der Waals surface area (Å²) in [5, 5.41) is 3.58. The Labute approximate surface area is 149 Å². The van der Waals surface area contributed by atoms with E-state index in [0.29, 0.717) is 0 Å². The predicted molar refractivity (Wildman–Crippen MR) is 93.4 cm³/mol. The molecule has 0 saturated carbocycles. The second-order valence-corrected chi connectivity index (χ2v) is 6.60. The molecule has 2 aliphatic heterocycles. The van der Waals surface area contributed by atoms with Crippen LogP contribution < -0.4 is 24.3 Å². The lowest BCUT2D eigenvalue weighted by Crippen LogP contribution is -2.30. The highest BCUT2D eigenvalue weighted by Crippen LogP contribution is 2.47. The van der Waals surface area contributed by atoms with E-state index in [1.165, 1.54) is 11.1 Å². The van der Waals surface area contributed by atoms with E-state index in [2.05, 4.69) is 39.4 Å². The lowest BCUT2D eigenvalue weighted by molar-refractivity contribution is 0.172. The molecular weight excluding hydrogens is 374 g/mol. The van der Waals surface area contributed by atoms with Gasteiger partial charge in [0.2, 0.25) is 6.79 Å². The molecule has 0 aliphatic carbocycles. The van der Waals surface area contributed by atoms with Crippen LogP contribution >= 0.6 is 15.9 Å². The van der Waals surface area contributed by atoms with E-state index in [-0.39, 0.29) is 12.8 Å². The number of methoxy groups -OCH3 is 2. The number of hydrogen-bond acceptors (Lipinski definition) is 5. The van der Waals surface area contributed by atoms with Crippen molar-refractivity contribution in [3.8, 4) is 23.0 Å². The van der Waals surface area contributed by atoms with E-state index in [9.17, 15) is 0 Å². The van der Waals surface area contributed by atoms with Gasteiger partial charge < -0.3 is 24.3 Å². The van der Waals surface area contributed by atoms with Crippen LogP contribution in [0.15, 0.2) is 28.7 Å². The molecule has 0 fully saturated rings. The van der Waals surface area contributed by atoms with Gasteiger partial charge in [-0.1, -0.05) is 6.07 Å². The maximum Gasteiger partial charge on any atom is 0.231 e. The third-order valence-electron chi connectivity index (χ3n) is 4.51. The molecule has 0 amide bonds. The van der Waals surface area contributed by atoms with Crippen LogP contribution in [0.5, 0.6) is 23.0 Å². The summed E-state index contributed by atoms with van der Waals surface area (Å²) in [5.41, 5.74) is 3.50. The molecule has 1 unspecified atom stereocenters. The highest BCUT2D eigenvalue weighted by molar-refractivity contribution is 9.10. The molecule has 0 saturated heterocycles. The minimum Gasteiger partial charge on any atom is -0.493 e. The van der Waals surface area contributed by atoms with Crippen LogP contribution in [0, 0.1) is 0 Å². The van der Waals surface area contributed by atoms with Gasteiger partial charge in [-0.05, 0) is 51.7 Å². The van der Waals surface area contributed by atoms with E-state index in [4.69, 9.17) is 18.9 Å². The van der Waals surface area contributed by atoms with Crippen LogP contribution in [0.25, 0.3) is 0 Å². The minimum atomic E-state index is 0.0251. The van der Waals surface area contributed by atoms with E-state index >= 15 is 0 Å². The van der Waals surface area contributed by atoms with Gasteiger partial charge in [-0.25, -0.2) is 0 Å². The molecule has 0 bridgehead atoms. The smallest absolute Gasteiger partial charge is 0.231 e. The first-order valence-electron chi connectivity index (χ1n) is 7.79. The number of hydrogen-bond donors (Lipinski definition) is 1. The zero-order valence-corrected chi connectivity index (χ0v) is 15.1. The van der Waals surface area contributed by atoms with Gasteiger partial charge in [0.25, 0.3) is 0 Å². The van der Waals surface area contributed by atoms with Crippen molar-refractivity contribution in [2.24, 2.45) is 0 Å². The quantitative estimate of drug-likeness (QED) is 0.868. The van der Waals surface area contributed by atoms with Crippen molar-refractivity contribution in [3.63, 3.8) is 0 Å². The first-order chi connectivity index (χ1) is 11.7. The van der Waals surface area contributed by atoms with Crippen LogP contribution in [-0.2, 0) is 6.42 Å². The lowest BCUT2D eigenvalue weighted by Gasteiger charge is -2.29. The summed E-state index contributed by atoms with van der Waals surface area (Å²) in [5.74, 6) is 3.06. The average Bonchev–Trinajstić information content (AvgIpc) is 3.11. The van der Waals surface area contributed by atoms with Crippen LogP contribution in [0.2, 0.25) is 0 Å². The van der Waals surface area contributed by atoms with Gasteiger partial charge in [-0.3, -0.25) is 0 Å². The van der Waals surface area contributed by atoms with Crippen molar-refractivity contribution in [2.45, 2.75) is 12.5 Å². The summed E-state index contributed by atoms with van der Waals surface area (Å²) in [4.78, 5) is 0. The molecule has 2 aliphatic rings. The largest absolute Gasteiger partial charge is 0.493 e. The van der Waals surface area contributed by atoms with Crippen molar-refractivity contribution in [3.05, 3.63) is 45.4 Å². The van der Waals surface area contributed by atoms with E-state index in [1.807, 2.05) is 6.07 Å². The number of rotatable bonds is 3. The first-order valence-corrected chi connectivity index (χ1v) is 8.58. The van der Waals surface area contributed by atoms with E-state index in [1.54, 1.807) is 14.2 Å². The Morgan fingerprint density at radius 2 is 1.79 bits per heavy atom. The summed E-state index contributed by atoms with van der Waals surface area (Å²) in [6, 6.07) is 8.21. The standard InChI is InChI=1S/C18H18BrNO4/c1-21-14-7-10-5-6-20-16(12(10)8-15(14)22-2)11-3-4-13(19)18-17(11)23-9-24-18/h3-4,7-8,16,20H,5-6,9H2,1-2H3. The fourth-order valence-corrected chi connectivity index (χ4v) is 3.80. The Balaban J connectivity index is 1.84. The second-order valence-electron chi connectivity index (χ2n) is 5.74. The third-order valence-corrected chi connectivity index (χ3v) is 5.14. The van der Waals surface area contributed by atoms with Crippen molar-refractivity contribution in [1.29, 1.82) is 0 Å². The second kappa shape index (κ2) is 6.18. The maximum absolute atomic E-state index is 5.73. The molecule has 2 heterocycles. The molecule has 4 rings (SSSR count). The zero-order valence-electron chi connectivity index (χ0n) is 13.5. The van der Waals surface area contributed by atoms with Gasteiger partial charge >= 0.3 is 0 Å². The Kier molecular flexibility index (Phi) is 4.02. The molecule has 2 aromatic carbocycles. The Hall–Kier alpha value is -1.92. The monoisotopic (exact) mass is 391 g/mol. The molecule has 24 heavy (non-hydrogen) atoms. The zero-order chi connectivity index (χ0) is 16.7. The van der Waals surface area contributed by atoms with Crippen molar-refractivity contribution < 1.29 is 18.9 Å². The normalized spacial score (nSPS) is 18.2. The molecule has 5 nitrogen and oxygen atoms in total. The minimum absolute atomic E-state index is 0.0251. The Morgan fingerprint density at radius 1 is 1.04 bits per heavy atom. The molecular formula is C18H18BrNO4. The molecule has 2 aromatic rings. The molecule has 126 valence electrons. The summed E-state index contributed by atoms with van der Waals surface area (Å²) >= 11 is 3.52. The molecule has 1 N–H and O–H groups in total.